The summed E-state index contributed by atoms with van der Waals surface area (Å²) in [6.45, 7) is 3.71. The van der Waals surface area contributed by atoms with E-state index in [0.29, 0.717) is 17.5 Å². The summed E-state index contributed by atoms with van der Waals surface area (Å²) in [7, 11) is 0. The van der Waals surface area contributed by atoms with E-state index in [2.05, 4.69) is 16.3 Å². The second kappa shape index (κ2) is 7.88. The molecule has 0 aromatic heterocycles. The van der Waals surface area contributed by atoms with Crippen LogP contribution in [0.1, 0.15) is 30.9 Å². The molecule has 0 aliphatic carbocycles. The predicted octanol–water partition coefficient (Wildman–Crippen LogP) is 4.65. The van der Waals surface area contributed by atoms with E-state index < -0.39 is 0 Å². The zero-order chi connectivity index (χ0) is 19.8. The molecule has 152 valence electrons. The van der Waals surface area contributed by atoms with Gasteiger partial charge in [-0.1, -0.05) is 29.8 Å². The van der Waals surface area contributed by atoms with Crippen LogP contribution in [0.15, 0.2) is 42.5 Å². The molecule has 5 nitrogen and oxygen atoms in total. The number of carbonyl (C=O) groups is 1. The van der Waals surface area contributed by atoms with Crippen LogP contribution in [0.25, 0.3) is 11.1 Å². The van der Waals surface area contributed by atoms with E-state index in [0.717, 1.165) is 61.3 Å². The first-order valence-electron chi connectivity index (χ1n) is 10.4. The zero-order valence-electron chi connectivity index (χ0n) is 16.3. The molecule has 6 heteroatoms. The molecule has 0 spiro atoms. The maximum atomic E-state index is 12.7. The van der Waals surface area contributed by atoms with Crippen molar-refractivity contribution in [2.45, 2.75) is 31.4 Å². The average molecular weight is 413 g/mol. The molecule has 4 heterocycles. The summed E-state index contributed by atoms with van der Waals surface area (Å²) in [5.74, 6) is 1.33. The molecule has 1 amide bonds. The minimum Gasteiger partial charge on any atom is -0.493 e. The Hall–Kier alpha value is -2.24. The molecular formula is C23H25ClN2O3. The van der Waals surface area contributed by atoms with Crippen molar-refractivity contribution in [3.05, 3.63) is 53.1 Å². The predicted molar refractivity (Wildman–Crippen MR) is 112 cm³/mol. The number of piperidine rings is 3. The van der Waals surface area contributed by atoms with Crippen LogP contribution in [-0.2, 0) is 4.74 Å². The Bertz CT molecular complexity index is 893. The van der Waals surface area contributed by atoms with Gasteiger partial charge >= 0.3 is 6.09 Å². The monoisotopic (exact) mass is 412 g/mol. The van der Waals surface area contributed by atoms with Gasteiger partial charge in [0.05, 0.1) is 12.6 Å². The Morgan fingerprint density at radius 1 is 1.07 bits per heavy atom. The highest BCUT2D eigenvalue weighted by molar-refractivity contribution is 6.30. The van der Waals surface area contributed by atoms with Crippen LogP contribution in [0.3, 0.4) is 0 Å². The molecule has 0 radical (unpaired) electrons. The molecule has 1 unspecified atom stereocenters. The van der Waals surface area contributed by atoms with Gasteiger partial charge in [-0.05, 0) is 67.2 Å². The quantitative estimate of drug-likeness (QED) is 0.797. The first-order chi connectivity index (χ1) is 14.2. The number of amides is 1. The van der Waals surface area contributed by atoms with E-state index in [-0.39, 0.29) is 18.2 Å². The van der Waals surface area contributed by atoms with Gasteiger partial charge in [-0.2, -0.15) is 0 Å². The molecule has 2 aromatic rings. The average Bonchev–Trinajstić information content (AvgIpc) is 2.75. The van der Waals surface area contributed by atoms with Gasteiger partial charge in [0, 0.05) is 23.6 Å². The van der Waals surface area contributed by atoms with Gasteiger partial charge in [0.25, 0.3) is 0 Å². The molecule has 2 aromatic carbocycles. The van der Waals surface area contributed by atoms with Crippen molar-refractivity contribution in [3.63, 3.8) is 0 Å². The van der Waals surface area contributed by atoms with Crippen LogP contribution in [0.2, 0.25) is 5.02 Å². The molecule has 2 bridgehead atoms. The summed E-state index contributed by atoms with van der Waals surface area (Å²) in [6.07, 6.45) is 2.67. The topological polar surface area (TPSA) is 50.8 Å². The Balaban J connectivity index is 1.31. The molecule has 29 heavy (non-hydrogen) atoms. The lowest BCUT2D eigenvalue weighted by molar-refractivity contribution is -0.0342. The highest BCUT2D eigenvalue weighted by Crippen LogP contribution is 2.36. The third kappa shape index (κ3) is 3.94. The van der Waals surface area contributed by atoms with Crippen LogP contribution >= 0.6 is 11.6 Å². The van der Waals surface area contributed by atoms with Gasteiger partial charge in [0.1, 0.15) is 11.9 Å². The number of hydrogen-bond acceptors (Lipinski definition) is 4. The largest absolute Gasteiger partial charge is 0.493 e. The second-order valence-corrected chi connectivity index (χ2v) is 8.61. The van der Waals surface area contributed by atoms with Crippen molar-refractivity contribution in [1.29, 1.82) is 0 Å². The van der Waals surface area contributed by atoms with E-state index in [4.69, 9.17) is 21.1 Å². The van der Waals surface area contributed by atoms with E-state index in [1.54, 1.807) is 0 Å². The molecule has 2 atom stereocenters. The smallest absolute Gasteiger partial charge is 0.407 e. The summed E-state index contributed by atoms with van der Waals surface area (Å²) in [4.78, 5) is 15.0. The number of alkyl carbamates (subject to hydrolysis) is 1. The third-order valence-corrected chi connectivity index (χ3v) is 6.63. The second-order valence-electron chi connectivity index (χ2n) is 8.18. The molecule has 3 saturated heterocycles. The Morgan fingerprint density at radius 3 is 2.55 bits per heavy atom. The van der Waals surface area contributed by atoms with Crippen molar-refractivity contribution in [2.75, 3.05) is 26.2 Å². The van der Waals surface area contributed by atoms with Crippen LogP contribution in [0.5, 0.6) is 5.75 Å². The number of nitrogens with one attached hydrogen (secondary N) is 1. The number of nitrogens with zero attached hydrogens (tertiary/aromatic N) is 1. The fraction of sp³-hybridized carbons (Fsp3) is 0.435. The Morgan fingerprint density at radius 2 is 1.83 bits per heavy atom. The van der Waals surface area contributed by atoms with E-state index in [1.165, 1.54) is 0 Å². The summed E-state index contributed by atoms with van der Waals surface area (Å²) in [5, 5.41) is 3.80. The Kier molecular flexibility index (Phi) is 5.10. The van der Waals surface area contributed by atoms with Gasteiger partial charge in [0.2, 0.25) is 0 Å². The lowest BCUT2D eigenvalue weighted by Crippen LogP contribution is -2.52. The van der Waals surface area contributed by atoms with E-state index >= 15 is 0 Å². The molecule has 0 saturated carbocycles. The lowest BCUT2D eigenvalue weighted by atomic mass is 9.86. The Labute approximate surface area is 175 Å². The first-order valence-corrected chi connectivity index (χ1v) is 10.8. The number of halogens is 1. The van der Waals surface area contributed by atoms with Gasteiger partial charge in [-0.25, -0.2) is 4.79 Å². The third-order valence-electron chi connectivity index (χ3n) is 6.37. The van der Waals surface area contributed by atoms with Crippen molar-refractivity contribution < 1.29 is 14.3 Å². The fourth-order valence-electron chi connectivity index (χ4n) is 4.72. The van der Waals surface area contributed by atoms with Gasteiger partial charge in [0.15, 0.2) is 0 Å². The maximum absolute atomic E-state index is 12.7. The van der Waals surface area contributed by atoms with Crippen molar-refractivity contribution >= 4 is 17.7 Å². The molecule has 6 rings (SSSR count). The van der Waals surface area contributed by atoms with Crippen molar-refractivity contribution in [3.8, 4) is 16.9 Å². The molecule has 3 fully saturated rings. The van der Waals surface area contributed by atoms with Crippen LogP contribution < -0.4 is 10.1 Å². The normalized spacial score (nSPS) is 27.6. The van der Waals surface area contributed by atoms with Crippen molar-refractivity contribution in [1.82, 2.24) is 10.2 Å². The molecule has 1 N–H and O–H groups in total. The molecule has 4 aliphatic heterocycles. The maximum Gasteiger partial charge on any atom is 0.407 e. The van der Waals surface area contributed by atoms with E-state index in [9.17, 15) is 4.79 Å². The standard InChI is InChI=1S/C23H25ClN2O3/c24-18-4-1-15(2-5-18)17-3-6-21-19(13-17)20(9-12-28-21)25-23(27)29-22-14-26-10-7-16(22)8-11-26/h1-6,13,16,20,22H,7-12,14H2,(H,25,27)/t20?,22-/m1/s1. The zero-order valence-corrected chi connectivity index (χ0v) is 17.0. The summed E-state index contributed by atoms with van der Waals surface area (Å²) >= 11 is 6.01. The lowest BCUT2D eigenvalue weighted by Gasteiger charge is -2.44. The van der Waals surface area contributed by atoms with E-state index in [1.807, 2.05) is 36.4 Å². The van der Waals surface area contributed by atoms with Crippen LogP contribution in [0, 0.1) is 5.92 Å². The minimum absolute atomic E-state index is 0.0113. The summed E-state index contributed by atoms with van der Waals surface area (Å²) in [6, 6.07) is 13.8. The number of carbonyl (C=O) groups excluding carboxylic acids is 1. The van der Waals surface area contributed by atoms with Crippen LogP contribution in [-0.4, -0.2) is 43.3 Å². The molecular weight excluding hydrogens is 388 g/mol. The summed E-state index contributed by atoms with van der Waals surface area (Å²) in [5.41, 5.74) is 3.15. The first kappa shape index (κ1) is 18.8. The van der Waals surface area contributed by atoms with Gasteiger partial charge in [-0.15, -0.1) is 0 Å². The fourth-order valence-corrected chi connectivity index (χ4v) is 4.85. The number of hydrogen-bond donors (Lipinski definition) is 1. The molecule has 4 aliphatic rings. The SMILES string of the molecule is O=C(NC1CCOc2ccc(-c3ccc(Cl)cc3)cc21)O[C@@H]1CN2CCC1CC2. The highest BCUT2D eigenvalue weighted by atomic mass is 35.5. The van der Waals surface area contributed by atoms with Crippen LogP contribution in [0.4, 0.5) is 4.79 Å². The number of fused-ring (bicyclic) bond motifs is 4. The van der Waals surface area contributed by atoms with Gasteiger partial charge in [-0.3, -0.25) is 4.90 Å². The summed E-state index contributed by atoms with van der Waals surface area (Å²) < 4.78 is 11.6. The number of rotatable bonds is 3. The minimum atomic E-state index is -0.321. The number of ether oxygens (including phenoxy) is 2. The van der Waals surface area contributed by atoms with Gasteiger partial charge < -0.3 is 14.8 Å². The number of benzene rings is 2. The van der Waals surface area contributed by atoms with Crippen molar-refractivity contribution in [2.24, 2.45) is 5.92 Å². The highest BCUT2D eigenvalue weighted by Gasteiger charge is 2.37.